The van der Waals surface area contributed by atoms with E-state index in [-0.39, 0.29) is 11.5 Å². The highest BCUT2D eigenvalue weighted by atomic mass is 19.3. The van der Waals surface area contributed by atoms with Crippen molar-refractivity contribution in [2.75, 3.05) is 10.6 Å². The fourth-order valence-corrected chi connectivity index (χ4v) is 2.47. The van der Waals surface area contributed by atoms with E-state index in [0.717, 1.165) is 0 Å². The molecule has 0 fully saturated rings. The van der Waals surface area contributed by atoms with Crippen LogP contribution in [0.25, 0.3) is 0 Å². The zero-order chi connectivity index (χ0) is 19.9. The molecule has 0 aliphatic rings. The van der Waals surface area contributed by atoms with E-state index in [1.54, 1.807) is 48.5 Å². The summed E-state index contributed by atoms with van der Waals surface area (Å²) in [6, 6.07) is 20.4. The Morgan fingerprint density at radius 1 is 0.714 bits per heavy atom. The van der Waals surface area contributed by atoms with Gasteiger partial charge in [-0.15, -0.1) is 0 Å². The first-order chi connectivity index (χ1) is 13.5. The quantitative estimate of drug-likeness (QED) is 0.579. The molecule has 28 heavy (non-hydrogen) atoms. The second kappa shape index (κ2) is 8.77. The van der Waals surface area contributed by atoms with E-state index >= 15 is 0 Å². The summed E-state index contributed by atoms with van der Waals surface area (Å²) in [5, 5.41) is 5.20. The van der Waals surface area contributed by atoms with Gasteiger partial charge < -0.3 is 15.4 Å². The summed E-state index contributed by atoms with van der Waals surface area (Å²) in [6.07, 6.45) is 0. The SMILES string of the molecule is O=C(Nc1ccc(OC(F)F)cc1)Nc1ccc(C(=O)c2ccccc2)cc1. The second-order valence-corrected chi connectivity index (χ2v) is 5.75. The number of benzene rings is 3. The average molecular weight is 382 g/mol. The van der Waals surface area contributed by atoms with Crippen molar-refractivity contribution < 1.29 is 23.1 Å². The molecular formula is C21H16F2N2O3. The van der Waals surface area contributed by atoms with Gasteiger partial charge in [-0.25, -0.2) is 4.79 Å². The fourth-order valence-electron chi connectivity index (χ4n) is 2.47. The van der Waals surface area contributed by atoms with Crippen LogP contribution in [0.4, 0.5) is 25.0 Å². The molecule has 0 saturated carbocycles. The van der Waals surface area contributed by atoms with Gasteiger partial charge in [-0.05, 0) is 48.5 Å². The number of urea groups is 1. The normalized spacial score (nSPS) is 10.4. The van der Waals surface area contributed by atoms with Gasteiger partial charge >= 0.3 is 12.6 Å². The van der Waals surface area contributed by atoms with Crippen LogP contribution in [0, 0.1) is 0 Å². The Labute approximate surface area is 160 Å². The number of rotatable bonds is 6. The molecule has 5 nitrogen and oxygen atoms in total. The van der Waals surface area contributed by atoms with Crippen molar-refractivity contribution in [1.82, 2.24) is 0 Å². The van der Waals surface area contributed by atoms with Crippen molar-refractivity contribution >= 4 is 23.2 Å². The molecule has 142 valence electrons. The Kier molecular flexibility index (Phi) is 5.96. The van der Waals surface area contributed by atoms with E-state index < -0.39 is 12.6 Å². The lowest BCUT2D eigenvalue weighted by Gasteiger charge is -2.09. The van der Waals surface area contributed by atoms with Crippen LogP contribution in [0.2, 0.25) is 0 Å². The second-order valence-electron chi connectivity index (χ2n) is 5.75. The lowest BCUT2D eigenvalue weighted by Crippen LogP contribution is -2.19. The highest BCUT2D eigenvalue weighted by Crippen LogP contribution is 2.18. The molecule has 0 aromatic heterocycles. The predicted molar refractivity (Wildman–Crippen MR) is 102 cm³/mol. The zero-order valence-electron chi connectivity index (χ0n) is 14.6. The topological polar surface area (TPSA) is 67.4 Å². The van der Waals surface area contributed by atoms with Gasteiger partial charge in [0.25, 0.3) is 0 Å². The van der Waals surface area contributed by atoms with Crippen LogP contribution in [0.15, 0.2) is 78.9 Å². The first-order valence-electron chi connectivity index (χ1n) is 8.34. The van der Waals surface area contributed by atoms with Crippen LogP contribution >= 0.6 is 0 Å². The standard InChI is InChI=1S/C21H16F2N2O3/c22-20(23)28-18-12-10-17(11-13-18)25-21(27)24-16-8-6-15(7-9-16)19(26)14-4-2-1-3-5-14/h1-13,20H,(H2,24,25,27). The van der Waals surface area contributed by atoms with Gasteiger partial charge in [0.2, 0.25) is 0 Å². The Morgan fingerprint density at radius 2 is 1.21 bits per heavy atom. The summed E-state index contributed by atoms with van der Waals surface area (Å²) in [4.78, 5) is 24.4. The monoisotopic (exact) mass is 382 g/mol. The van der Waals surface area contributed by atoms with Crippen LogP contribution in [-0.2, 0) is 0 Å². The summed E-state index contributed by atoms with van der Waals surface area (Å²) in [5.74, 6) is -0.109. The molecule has 7 heteroatoms. The molecule has 3 aromatic carbocycles. The average Bonchev–Trinajstić information content (AvgIpc) is 2.70. The van der Waals surface area contributed by atoms with Gasteiger partial charge in [-0.2, -0.15) is 8.78 Å². The molecule has 0 unspecified atom stereocenters. The van der Waals surface area contributed by atoms with Crippen LogP contribution < -0.4 is 15.4 Å². The van der Waals surface area contributed by atoms with Gasteiger partial charge in [-0.1, -0.05) is 30.3 Å². The smallest absolute Gasteiger partial charge is 0.387 e. The molecular weight excluding hydrogens is 366 g/mol. The molecule has 3 aromatic rings. The Morgan fingerprint density at radius 3 is 1.75 bits per heavy atom. The third-order valence-electron chi connectivity index (χ3n) is 3.78. The van der Waals surface area contributed by atoms with Gasteiger partial charge in [0.15, 0.2) is 5.78 Å². The molecule has 2 amide bonds. The van der Waals surface area contributed by atoms with Gasteiger partial charge in [0.05, 0.1) is 0 Å². The Hall–Kier alpha value is -3.74. The predicted octanol–water partition coefficient (Wildman–Crippen LogP) is 5.16. The Bertz CT molecular complexity index is 944. The lowest BCUT2D eigenvalue weighted by molar-refractivity contribution is -0.0498. The van der Waals surface area contributed by atoms with Crippen LogP contribution in [0.3, 0.4) is 0 Å². The molecule has 0 radical (unpaired) electrons. The van der Waals surface area contributed by atoms with Gasteiger partial charge in [-0.3, -0.25) is 4.79 Å². The van der Waals surface area contributed by atoms with Crippen molar-refractivity contribution in [3.05, 3.63) is 90.0 Å². The van der Waals surface area contributed by atoms with E-state index in [4.69, 9.17) is 0 Å². The molecule has 3 rings (SSSR count). The number of alkyl halides is 2. The number of carbonyl (C=O) groups excluding carboxylic acids is 2. The lowest BCUT2D eigenvalue weighted by atomic mass is 10.0. The van der Waals surface area contributed by atoms with Crippen LogP contribution in [0.5, 0.6) is 5.75 Å². The summed E-state index contributed by atoms with van der Waals surface area (Å²) in [6.45, 7) is -2.90. The highest BCUT2D eigenvalue weighted by Gasteiger charge is 2.09. The summed E-state index contributed by atoms with van der Waals surface area (Å²) in [7, 11) is 0. The van der Waals surface area contributed by atoms with Crippen LogP contribution in [0.1, 0.15) is 15.9 Å². The largest absolute Gasteiger partial charge is 0.435 e. The van der Waals surface area contributed by atoms with E-state index in [9.17, 15) is 18.4 Å². The minimum Gasteiger partial charge on any atom is -0.435 e. The number of carbonyl (C=O) groups is 2. The summed E-state index contributed by atoms with van der Waals surface area (Å²) in [5.41, 5.74) is 2.00. The summed E-state index contributed by atoms with van der Waals surface area (Å²) < 4.78 is 28.5. The number of hydrogen-bond acceptors (Lipinski definition) is 3. The summed E-state index contributed by atoms with van der Waals surface area (Å²) >= 11 is 0. The number of hydrogen-bond donors (Lipinski definition) is 2. The number of amides is 2. The van der Waals surface area contributed by atoms with Gasteiger partial charge in [0.1, 0.15) is 5.75 Å². The van der Waals surface area contributed by atoms with Gasteiger partial charge in [0, 0.05) is 22.5 Å². The third kappa shape index (κ3) is 5.14. The number of ketones is 1. The highest BCUT2D eigenvalue weighted by molar-refractivity contribution is 6.09. The van der Waals surface area contributed by atoms with Crippen LogP contribution in [-0.4, -0.2) is 18.4 Å². The van der Waals surface area contributed by atoms with Crippen molar-refractivity contribution in [2.45, 2.75) is 6.61 Å². The van der Waals surface area contributed by atoms with E-state index in [0.29, 0.717) is 22.5 Å². The van der Waals surface area contributed by atoms with Crippen molar-refractivity contribution in [3.63, 3.8) is 0 Å². The minimum atomic E-state index is -2.90. The molecule has 0 aliphatic heterocycles. The molecule has 0 saturated heterocycles. The molecule has 0 heterocycles. The van der Waals surface area contributed by atoms with Crippen molar-refractivity contribution in [1.29, 1.82) is 0 Å². The number of ether oxygens (including phenoxy) is 1. The first-order valence-corrected chi connectivity index (χ1v) is 8.34. The van der Waals surface area contributed by atoms with Crippen molar-refractivity contribution in [2.24, 2.45) is 0 Å². The first kappa shape index (κ1) is 19.0. The molecule has 0 bridgehead atoms. The van der Waals surface area contributed by atoms with E-state index in [1.165, 1.54) is 24.3 Å². The fraction of sp³-hybridized carbons (Fsp3) is 0.0476. The maximum Gasteiger partial charge on any atom is 0.387 e. The molecule has 0 aliphatic carbocycles. The number of anilines is 2. The maximum atomic E-state index is 12.4. The third-order valence-corrected chi connectivity index (χ3v) is 3.78. The number of halogens is 2. The molecule has 0 spiro atoms. The van der Waals surface area contributed by atoms with E-state index in [2.05, 4.69) is 15.4 Å². The zero-order valence-corrected chi connectivity index (χ0v) is 14.6. The molecule has 0 atom stereocenters. The Balaban J connectivity index is 1.58. The number of nitrogens with one attached hydrogen (secondary N) is 2. The molecule has 2 N–H and O–H groups in total. The maximum absolute atomic E-state index is 12.4. The van der Waals surface area contributed by atoms with E-state index in [1.807, 2.05) is 6.07 Å². The minimum absolute atomic E-state index is 0.000342. The van der Waals surface area contributed by atoms with Crippen molar-refractivity contribution in [3.8, 4) is 5.75 Å².